The molecular weight excluding hydrogens is 490 g/mol. The Morgan fingerprint density at radius 3 is 2.74 bits per heavy atom. The van der Waals surface area contributed by atoms with E-state index in [4.69, 9.17) is 4.74 Å². The van der Waals surface area contributed by atoms with Crippen molar-refractivity contribution in [2.45, 2.75) is 26.2 Å². The zero-order chi connectivity index (χ0) is 26.6. The second kappa shape index (κ2) is 11.1. The van der Waals surface area contributed by atoms with Crippen molar-refractivity contribution in [1.29, 1.82) is 0 Å². The van der Waals surface area contributed by atoms with Gasteiger partial charge in [-0.1, -0.05) is 6.92 Å². The first-order valence-corrected chi connectivity index (χ1v) is 12.7. The highest BCUT2D eigenvalue weighted by atomic mass is 19.2. The molecule has 0 bridgehead atoms. The molecule has 3 heterocycles. The number of carbonyl (C=O) groups excluding carboxylic acids is 1. The predicted molar refractivity (Wildman–Crippen MR) is 142 cm³/mol. The van der Waals surface area contributed by atoms with E-state index in [0.29, 0.717) is 41.6 Å². The lowest BCUT2D eigenvalue weighted by atomic mass is 9.97. The van der Waals surface area contributed by atoms with E-state index in [1.165, 1.54) is 25.4 Å². The lowest BCUT2D eigenvalue weighted by molar-refractivity contribution is 0.0943. The summed E-state index contributed by atoms with van der Waals surface area (Å²) in [4.78, 5) is 21.7. The van der Waals surface area contributed by atoms with Crippen LogP contribution in [0.4, 0.5) is 20.3 Å². The van der Waals surface area contributed by atoms with E-state index in [2.05, 4.69) is 25.9 Å². The lowest BCUT2D eigenvalue weighted by Gasteiger charge is -2.23. The molecule has 0 aliphatic carbocycles. The quantitative estimate of drug-likeness (QED) is 0.312. The number of aromatic nitrogens is 3. The Labute approximate surface area is 219 Å². The number of piperidine rings is 1. The van der Waals surface area contributed by atoms with Gasteiger partial charge < -0.3 is 20.7 Å². The summed E-state index contributed by atoms with van der Waals surface area (Å²) in [5.74, 6) is -1.37. The molecule has 38 heavy (non-hydrogen) atoms. The molecule has 1 aliphatic rings. The Balaban J connectivity index is 1.38. The van der Waals surface area contributed by atoms with Crippen LogP contribution in [0, 0.1) is 17.6 Å². The van der Waals surface area contributed by atoms with E-state index < -0.39 is 11.6 Å². The average Bonchev–Trinajstić information content (AvgIpc) is 3.38. The molecule has 1 aliphatic heterocycles. The van der Waals surface area contributed by atoms with Gasteiger partial charge in [-0.25, -0.2) is 14.4 Å². The largest absolute Gasteiger partial charge is 0.494 e. The summed E-state index contributed by atoms with van der Waals surface area (Å²) in [6.45, 7) is 4.67. The molecule has 0 unspecified atom stereocenters. The number of aryl methyl sites for hydroxylation is 1. The number of imidazole rings is 1. The summed E-state index contributed by atoms with van der Waals surface area (Å²) >= 11 is 0. The Bertz CT molecular complexity index is 1470. The number of anilines is 2. The number of halogens is 2. The van der Waals surface area contributed by atoms with Crippen molar-refractivity contribution < 1.29 is 18.3 Å². The van der Waals surface area contributed by atoms with E-state index in [1.807, 2.05) is 25.1 Å². The van der Waals surface area contributed by atoms with Crippen LogP contribution in [0.3, 0.4) is 0 Å². The summed E-state index contributed by atoms with van der Waals surface area (Å²) in [6, 6.07) is 8.39. The van der Waals surface area contributed by atoms with Gasteiger partial charge in [-0.2, -0.15) is 4.39 Å². The molecule has 0 saturated carbocycles. The molecule has 1 fully saturated rings. The topological polar surface area (TPSA) is 92.6 Å². The zero-order valence-electron chi connectivity index (χ0n) is 21.4. The molecule has 2 aromatic carbocycles. The average molecular weight is 521 g/mol. The van der Waals surface area contributed by atoms with Gasteiger partial charge in [0.05, 0.1) is 19.0 Å². The number of nitrogens with one attached hydrogen (secondary N) is 3. The number of hydrogen-bond donors (Lipinski definition) is 3. The number of nitrogens with zero attached hydrogens (tertiary/aromatic N) is 3. The fourth-order valence-corrected chi connectivity index (χ4v) is 4.83. The molecule has 5 rings (SSSR count). The third kappa shape index (κ3) is 5.04. The van der Waals surface area contributed by atoms with Crippen molar-refractivity contribution in [1.82, 2.24) is 25.0 Å². The van der Waals surface area contributed by atoms with Crippen molar-refractivity contribution in [2.75, 3.05) is 32.1 Å². The van der Waals surface area contributed by atoms with Gasteiger partial charge in [0.2, 0.25) is 5.82 Å². The van der Waals surface area contributed by atoms with Gasteiger partial charge in [0, 0.05) is 35.8 Å². The van der Waals surface area contributed by atoms with Gasteiger partial charge >= 0.3 is 0 Å². The lowest BCUT2D eigenvalue weighted by Crippen LogP contribution is -2.36. The summed E-state index contributed by atoms with van der Waals surface area (Å²) in [5, 5.41) is 9.69. The van der Waals surface area contributed by atoms with Crippen LogP contribution < -0.4 is 20.7 Å². The van der Waals surface area contributed by atoms with Crippen molar-refractivity contribution in [3.05, 3.63) is 71.7 Å². The number of fused-ring (bicyclic) bond motifs is 1. The molecule has 2 aromatic heterocycles. The normalized spacial score (nSPS) is 14.0. The highest BCUT2D eigenvalue weighted by Crippen LogP contribution is 2.31. The highest BCUT2D eigenvalue weighted by molar-refractivity contribution is 5.96. The second-order valence-electron chi connectivity index (χ2n) is 9.31. The van der Waals surface area contributed by atoms with Crippen LogP contribution in [-0.2, 0) is 6.42 Å². The Hall–Kier alpha value is -4.05. The van der Waals surface area contributed by atoms with Gasteiger partial charge in [-0.3, -0.25) is 9.20 Å². The van der Waals surface area contributed by atoms with Crippen molar-refractivity contribution >= 4 is 23.1 Å². The van der Waals surface area contributed by atoms with Crippen LogP contribution in [0.15, 0.2) is 48.9 Å². The van der Waals surface area contributed by atoms with Crippen molar-refractivity contribution in [3.63, 3.8) is 0 Å². The summed E-state index contributed by atoms with van der Waals surface area (Å²) < 4.78 is 35.6. The van der Waals surface area contributed by atoms with Gasteiger partial charge in [0.25, 0.3) is 5.91 Å². The third-order valence-electron chi connectivity index (χ3n) is 6.97. The molecule has 0 spiro atoms. The first-order valence-electron chi connectivity index (χ1n) is 12.7. The minimum Gasteiger partial charge on any atom is -0.494 e. The minimum atomic E-state index is -1.06. The smallest absolute Gasteiger partial charge is 0.251 e. The molecule has 4 aromatic rings. The summed E-state index contributed by atoms with van der Waals surface area (Å²) in [5.41, 5.74) is 3.17. The Morgan fingerprint density at radius 2 is 1.97 bits per heavy atom. The number of hydrogen-bond acceptors (Lipinski definition) is 6. The Kier molecular flexibility index (Phi) is 7.50. The maximum absolute atomic E-state index is 14.8. The summed E-state index contributed by atoms with van der Waals surface area (Å²) in [6.07, 6.45) is 7.48. The van der Waals surface area contributed by atoms with Crippen LogP contribution in [-0.4, -0.2) is 47.0 Å². The van der Waals surface area contributed by atoms with Crippen LogP contribution in [0.5, 0.6) is 5.75 Å². The molecular formula is C28H30F2N6O2. The molecule has 1 amide bonds. The monoisotopic (exact) mass is 520 g/mol. The van der Waals surface area contributed by atoms with E-state index in [1.54, 1.807) is 16.8 Å². The Morgan fingerprint density at radius 1 is 1.16 bits per heavy atom. The van der Waals surface area contributed by atoms with Crippen LogP contribution in [0.2, 0.25) is 0 Å². The van der Waals surface area contributed by atoms with Crippen LogP contribution in [0.25, 0.3) is 16.9 Å². The minimum absolute atomic E-state index is 0.0566. The van der Waals surface area contributed by atoms with E-state index >= 15 is 0 Å². The highest BCUT2D eigenvalue weighted by Gasteiger charge is 2.20. The summed E-state index contributed by atoms with van der Waals surface area (Å²) in [7, 11) is 1.29. The standard InChI is InChI=1S/C28H30F2N6O2/c1-3-18-14-19(4-5-20(18)28(37)34-15-17-8-10-31-11-9-17)35-26-27-33-16-22(36(27)13-12-32-26)21-6-7-23(38-2)25(30)24(21)29/h4-7,12-14,16-17,31H,3,8-11,15H2,1-2H3,(H,32,35)(H,34,37). The number of benzene rings is 2. The number of ether oxygens (including phenoxy) is 1. The van der Waals surface area contributed by atoms with Crippen molar-refractivity contribution in [3.8, 4) is 17.0 Å². The number of rotatable bonds is 8. The molecule has 0 radical (unpaired) electrons. The number of carbonyl (C=O) groups is 1. The first kappa shape index (κ1) is 25.6. The van der Waals surface area contributed by atoms with Gasteiger partial charge in [0.15, 0.2) is 23.0 Å². The fourth-order valence-electron chi connectivity index (χ4n) is 4.83. The number of amides is 1. The molecule has 1 saturated heterocycles. The first-order chi connectivity index (χ1) is 18.5. The van der Waals surface area contributed by atoms with Gasteiger partial charge in [0.1, 0.15) is 0 Å². The van der Waals surface area contributed by atoms with E-state index in [9.17, 15) is 13.6 Å². The van der Waals surface area contributed by atoms with Gasteiger partial charge in [-0.15, -0.1) is 0 Å². The SMILES string of the molecule is CCc1cc(Nc2nccn3c(-c4ccc(OC)c(F)c4F)cnc23)ccc1C(=O)NCC1CCNCC1. The number of methoxy groups -OCH3 is 1. The zero-order valence-corrected chi connectivity index (χ0v) is 21.4. The van der Waals surface area contributed by atoms with Crippen LogP contribution >= 0.6 is 0 Å². The van der Waals surface area contributed by atoms with Gasteiger partial charge in [-0.05, 0) is 74.2 Å². The van der Waals surface area contributed by atoms with Crippen molar-refractivity contribution in [2.24, 2.45) is 5.92 Å². The second-order valence-corrected chi connectivity index (χ2v) is 9.31. The van der Waals surface area contributed by atoms with Crippen LogP contribution in [0.1, 0.15) is 35.7 Å². The maximum Gasteiger partial charge on any atom is 0.251 e. The molecule has 198 valence electrons. The maximum atomic E-state index is 14.8. The molecule has 3 N–H and O–H groups in total. The van der Waals surface area contributed by atoms with E-state index in [0.717, 1.165) is 37.2 Å². The third-order valence-corrected chi connectivity index (χ3v) is 6.97. The molecule has 8 nitrogen and oxygen atoms in total. The predicted octanol–water partition coefficient (Wildman–Crippen LogP) is 4.72. The molecule has 0 atom stereocenters. The fraction of sp³-hybridized carbons (Fsp3) is 0.321. The van der Waals surface area contributed by atoms with E-state index in [-0.39, 0.29) is 17.2 Å². The molecule has 10 heteroatoms.